The third-order valence-corrected chi connectivity index (χ3v) is 3.76. The number of hydrogen-bond acceptors (Lipinski definition) is 2. The highest BCUT2D eigenvalue weighted by molar-refractivity contribution is 7.09. The molecular weight excluding hydrogens is 226 g/mol. The second-order valence-corrected chi connectivity index (χ2v) is 6.86. The molecule has 17 heavy (non-hydrogen) atoms. The van der Waals surface area contributed by atoms with Crippen LogP contribution in [0.1, 0.15) is 39.0 Å². The van der Waals surface area contributed by atoms with E-state index in [9.17, 15) is 0 Å². The molecule has 1 atom stereocenters. The van der Waals surface area contributed by atoms with Gasteiger partial charge in [0.1, 0.15) is 0 Å². The van der Waals surface area contributed by atoms with Gasteiger partial charge in [-0.25, -0.2) is 0 Å². The summed E-state index contributed by atoms with van der Waals surface area (Å²) in [7, 11) is 0. The van der Waals surface area contributed by atoms with Crippen LogP contribution in [0.15, 0.2) is 17.5 Å². The molecule has 0 aliphatic heterocycles. The lowest BCUT2D eigenvalue weighted by Crippen LogP contribution is -2.28. The highest BCUT2D eigenvalue weighted by Gasteiger charge is 2.12. The van der Waals surface area contributed by atoms with Gasteiger partial charge in [-0.1, -0.05) is 33.8 Å². The van der Waals surface area contributed by atoms with E-state index in [2.05, 4.69) is 50.5 Å². The molecule has 0 aliphatic rings. The summed E-state index contributed by atoms with van der Waals surface area (Å²) in [4.78, 5) is 1.53. The van der Waals surface area contributed by atoms with Gasteiger partial charge in [-0.15, -0.1) is 11.3 Å². The van der Waals surface area contributed by atoms with E-state index in [1.165, 1.54) is 17.7 Å². The fourth-order valence-corrected chi connectivity index (χ4v) is 3.02. The summed E-state index contributed by atoms with van der Waals surface area (Å²) < 4.78 is 0. The van der Waals surface area contributed by atoms with Crippen LogP contribution in [0.4, 0.5) is 0 Å². The van der Waals surface area contributed by atoms with Gasteiger partial charge in [0.2, 0.25) is 0 Å². The van der Waals surface area contributed by atoms with E-state index in [1.54, 1.807) is 0 Å². The van der Waals surface area contributed by atoms with Crippen molar-refractivity contribution in [2.45, 2.75) is 40.5 Å². The average molecular weight is 253 g/mol. The molecule has 0 radical (unpaired) electrons. The van der Waals surface area contributed by atoms with Gasteiger partial charge in [0.05, 0.1) is 0 Å². The Kier molecular flexibility index (Phi) is 6.83. The van der Waals surface area contributed by atoms with Gasteiger partial charge < -0.3 is 5.32 Å². The SMILES string of the molecule is CC(C)CNCC(Cc1cccs1)CC(C)C. The van der Waals surface area contributed by atoms with E-state index in [0.29, 0.717) is 0 Å². The molecular formula is C15H27NS. The zero-order chi connectivity index (χ0) is 12.7. The quantitative estimate of drug-likeness (QED) is 0.732. The van der Waals surface area contributed by atoms with Gasteiger partial charge in [0.15, 0.2) is 0 Å². The topological polar surface area (TPSA) is 12.0 Å². The molecule has 1 nitrogen and oxygen atoms in total. The van der Waals surface area contributed by atoms with Crippen LogP contribution in [0.25, 0.3) is 0 Å². The summed E-state index contributed by atoms with van der Waals surface area (Å²) in [5, 5.41) is 5.79. The van der Waals surface area contributed by atoms with Crippen LogP contribution >= 0.6 is 11.3 Å². The molecule has 0 spiro atoms. The molecule has 2 heteroatoms. The third-order valence-electron chi connectivity index (χ3n) is 2.86. The first kappa shape index (κ1) is 14.7. The minimum atomic E-state index is 0.747. The molecule has 0 amide bonds. The highest BCUT2D eigenvalue weighted by atomic mass is 32.1. The first-order valence-corrected chi connectivity index (χ1v) is 7.69. The van der Waals surface area contributed by atoms with Crippen LogP contribution in [-0.4, -0.2) is 13.1 Å². The Morgan fingerprint density at radius 3 is 2.41 bits per heavy atom. The fraction of sp³-hybridized carbons (Fsp3) is 0.733. The normalized spacial score (nSPS) is 13.5. The van der Waals surface area contributed by atoms with Crippen molar-refractivity contribution in [2.24, 2.45) is 17.8 Å². The Labute approximate surface area is 111 Å². The minimum Gasteiger partial charge on any atom is -0.316 e. The van der Waals surface area contributed by atoms with Crippen LogP contribution in [0.2, 0.25) is 0 Å². The molecule has 0 saturated carbocycles. The predicted molar refractivity (Wildman–Crippen MR) is 78.7 cm³/mol. The van der Waals surface area contributed by atoms with Crippen molar-refractivity contribution in [1.82, 2.24) is 5.32 Å². The first-order valence-electron chi connectivity index (χ1n) is 6.81. The number of nitrogens with one attached hydrogen (secondary N) is 1. The van der Waals surface area contributed by atoms with Gasteiger partial charge in [0, 0.05) is 4.88 Å². The van der Waals surface area contributed by atoms with Crippen molar-refractivity contribution in [3.63, 3.8) is 0 Å². The van der Waals surface area contributed by atoms with Crippen LogP contribution in [-0.2, 0) is 6.42 Å². The average Bonchev–Trinajstić information content (AvgIpc) is 2.68. The van der Waals surface area contributed by atoms with E-state index in [0.717, 1.165) is 30.8 Å². The Bertz CT molecular complexity index is 277. The van der Waals surface area contributed by atoms with Gasteiger partial charge in [-0.2, -0.15) is 0 Å². The zero-order valence-electron chi connectivity index (χ0n) is 11.7. The summed E-state index contributed by atoms with van der Waals surface area (Å²) in [6, 6.07) is 4.43. The lowest BCUT2D eigenvalue weighted by atomic mass is 9.93. The van der Waals surface area contributed by atoms with Crippen LogP contribution < -0.4 is 5.32 Å². The molecule has 1 unspecified atom stereocenters. The molecule has 1 rings (SSSR count). The maximum absolute atomic E-state index is 3.61. The maximum Gasteiger partial charge on any atom is 0.00484 e. The van der Waals surface area contributed by atoms with Crippen molar-refractivity contribution < 1.29 is 0 Å². The Hall–Kier alpha value is -0.340. The molecule has 1 aromatic heterocycles. The van der Waals surface area contributed by atoms with E-state index < -0.39 is 0 Å². The molecule has 1 aromatic rings. The van der Waals surface area contributed by atoms with Crippen LogP contribution in [0.5, 0.6) is 0 Å². The monoisotopic (exact) mass is 253 g/mol. The van der Waals surface area contributed by atoms with Crippen LogP contribution in [0, 0.1) is 17.8 Å². The van der Waals surface area contributed by atoms with Crippen molar-refractivity contribution in [2.75, 3.05) is 13.1 Å². The summed E-state index contributed by atoms with van der Waals surface area (Å²) in [6.07, 6.45) is 2.56. The van der Waals surface area contributed by atoms with Crippen molar-refractivity contribution in [3.8, 4) is 0 Å². The van der Waals surface area contributed by atoms with Gasteiger partial charge in [-0.05, 0) is 55.1 Å². The van der Waals surface area contributed by atoms with Crippen molar-refractivity contribution in [1.29, 1.82) is 0 Å². The van der Waals surface area contributed by atoms with Gasteiger partial charge >= 0.3 is 0 Å². The summed E-state index contributed by atoms with van der Waals surface area (Å²) in [5.74, 6) is 2.32. The molecule has 0 aromatic carbocycles. The number of hydrogen-bond donors (Lipinski definition) is 1. The second kappa shape index (κ2) is 7.88. The third kappa shape index (κ3) is 6.85. The largest absolute Gasteiger partial charge is 0.316 e. The van der Waals surface area contributed by atoms with E-state index in [1.807, 2.05) is 11.3 Å². The molecule has 0 aliphatic carbocycles. The molecule has 98 valence electrons. The van der Waals surface area contributed by atoms with Gasteiger partial charge in [0.25, 0.3) is 0 Å². The number of thiophene rings is 1. The molecule has 0 bridgehead atoms. The van der Waals surface area contributed by atoms with Gasteiger partial charge in [-0.3, -0.25) is 0 Å². The zero-order valence-corrected chi connectivity index (χ0v) is 12.5. The maximum atomic E-state index is 3.61. The molecule has 1 heterocycles. The highest BCUT2D eigenvalue weighted by Crippen LogP contribution is 2.19. The van der Waals surface area contributed by atoms with Crippen molar-refractivity contribution >= 4 is 11.3 Å². The van der Waals surface area contributed by atoms with E-state index in [4.69, 9.17) is 0 Å². The Morgan fingerprint density at radius 1 is 1.12 bits per heavy atom. The van der Waals surface area contributed by atoms with Crippen molar-refractivity contribution in [3.05, 3.63) is 22.4 Å². The molecule has 1 N–H and O–H groups in total. The Balaban J connectivity index is 2.37. The lowest BCUT2D eigenvalue weighted by Gasteiger charge is -2.19. The number of rotatable bonds is 8. The standard InChI is InChI=1S/C15H27NS/c1-12(2)8-14(11-16-10-13(3)4)9-15-6-5-7-17-15/h5-7,12-14,16H,8-11H2,1-4H3. The second-order valence-electron chi connectivity index (χ2n) is 5.83. The summed E-state index contributed by atoms with van der Waals surface area (Å²) in [6.45, 7) is 11.5. The fourth-order valence-electron chi connectivity index (χ4n) is 2.19. The molecule has 0 saturated heterocycles. The smallest absolute Gasteiger partial charge is 0.00484 e. The Morgan fingerprint density at radius 2 is 1.88 bits per heavy atom. The van der Waals surface area contributed by atoms with E-state index in [-0.39, 0.29) is 0 Å². The predicted octanol–water partition coefficient (Wildman–Crippen LogP) is 4.20. The first-order chi connectivity index (χ1) is 8.08. The van der Waals surface area contributed by atoms with Crippen LogP contribution in [0.3, 0.4) is 0 Å². The lowest BCUT2D eigenvalue weighted by molar-refractivity contribution is 0.378. The summed E-state index contributed by atoms with van der Waals surface area (Å²) >= 11 is 1.89. The molecule has 0 fully saturated rings. The minimum absolute atomic E-state index is 0.747. The summed E-state index contributed by atoms with van der Waals surface area (Å²) in [5.41, 5.74) is 0. The van der Waals surface area contributed by atoms with E-state index >= 15 is 0 Å².